The molecule has 5 nitrogen and oxygen atoms in total. The number of nitrogens with one attached hydrogen (secondary N) is 1. The Hall–Kier alpha value is -2.82. The number of carbonyl (C=O) groups excluding carboxylic acids is 2. The Morgan fingerprint density at radius 3 is 2.50 bits per heavy atom. The SMILES string of the molecule is CCC(=O)N1c2ccccc2[C@H](Nc2ccc(C(=O)OC)cc2)C[C@@H]1C. The van der Waals surface area contributed by atoms with Crippen molar-refractivity contribution in [1.29, 1.82) is 0 Å². The first-order chi connectivity index (χ1) is 12.5. The van der Waals surface area contributed by atoms with E-state index in [0.29, 0.717) is 12.0 Å². The van der Waals surface area contributed by atoms with E-state index in [1.54, 1.807) is 12.1 Å². The lowest BCUT2D eigenvalue weighted by molar-refractivity contribution is -0.118. The maximum absolute atomic E-state index is 12.4. The third kappa shape index (κ3) is 3.43. The highest BCUT2D eigenvalue weighted by atomic mass is 16.5. The number of hydrogen-bond donors (Lipinski definition) is 1. The van der Waals surface area contributed by atoms with Gasteiger partial charge in [0.15, 0.2) is 0 Å². The van der Waals surface area contributed by atoms with Gasteiger partial charge in [0, 0.05) is 23.8 Å². The monoisotopic (exact) mass is 352 g/mol. The minimum Gasteiger partial charge on any atom is -0.465 e. The summed E-state index contributed by atoms with van der Waals surface area (Å²) >= 11 is 0. The van der Waals surface area contributed by atoms with E-state index in [0.717, 1.165) is 23.4 Å². The number of anilines is 2. The molecule has 2 aromatic carbocycles. The lowest BCUT2D eigenvalue weighted by Gasteiger charge is -2.40. The molecule has 0 unspecified atom stereocenters. The van der Waals surface area contributed by atoms with Crippen LogP contribution in [0.4, 0.5) is 11.4 Å². The van der Waals surface area contributed by atoms with E-state index < -0.39 is 0 Å². The zero-order chi connectivity index (χ0) is 18.7. The fourth-order valence-electron chi connectivity index (χ4n) is 3.52. The minimum absolute atomic E-state index is 0.103. The fraction of sp³-hybridized carbons (Fsp3) is 0.333. The lowest BCUT2D eigenvalue weighted by atomic mass is 9.91. The van der Waals surface area contributed by atoms with Gasteiger partial charge in [0.2, 0.25) is 5.91 Å². The molecule has 1 aliphatic rings. The Balaban J connectivity index is 1.86. The number of ether oxygens (including phenoxy) is 1. The number of para-hydroxylation sites is 1. The van der Waals surface area contributed by atoms with Crippen LogP contribution in [0.1, 0.15) is 48.7 Å². The van der Waals surface area contributed by atoms with Gasteiger partial charge in [-0.15, -0.1) is 0 Å². The molecule has 0 saturated carbocycles. The van der Waals surface area contributed by atoms with Gasteiger partial charge in [-0.3, -0.25) is 4.79 Å². The van der Waals surface area contributed by atoms with E-state index in [1.807, 2.05) is 42.2 Å². The van der Waals surface area contributed by atoms with Crippen LogP contribution in [0.2, 0.25) is 0 Å². The molecule has 0 aromatic heterocycles. The third-order valence-electron chi connectivity index (χ3n) is 4.81. The fourth-order valence-corrected chi connectivity index (χ4v) is 3.52. The van der Waals surface area contributed by atoms with Gasteiger partial charge in [0.05, 0.1) is 18.7 Å². The summed E-state index contributed by atoms with van der Waals surface area (Å²) in [6.07, 6.45) is 1.31. The summed E-state index contributed by atoms with van der Waals surface area (Å²) in [5.41, 5.74) is 3.54. The first kappa shape index (κ1) is 18.0. The molecule has 3 rings (SSSR count). The molecule has 136 valence electrons. The summed E-state index contributed by atoms with van der Waals surface area (Å²) in [4.78, 5) is 25.9. The second kappa shape index (κ2) is 7.60. The van der Waals surface area contributed by atoms with Crippen molar-refractivity contribution >= 4 is 23.3 Å². The molecule has 0 bridgehead atoms. The van der Waals surface area contributed by atoms with Crippen molar-refractivity contribution in [2.24, 2.45) is 0 Å². The van der Waals surface area contributed by atoms with Gasteiger partial charge in [-0.1, -0.05) is 25.1 Å². The Bertz CT molecular complexity index is 801. The average Bonchev–Trinajstić information content (AvgIpc) is 2.67. The molecule has 1 heterocycles. The van der Waals surface area contributed by atoms with E-state index in [4.69, 9.17) is 4.74 Å². The minimum atomic E-state index is -0.345. The summed E-state index contributed by atoms with van der Waals surface area (Å²) in [5.74, 6) is -0.201. The van der Waals surface area contributed by atoms with Gasteiger partial charge >= 0.3 is 5.97 Å². The largest absolute Gasteiger partial charge is 0.465 e. The van der Waals surface area contributed by atoms with Gasteiger partial charge in [0.1, 0.15) is 0 Å². The Kier molecular flexibility index (Phi) is 5.26. The number of amides is 1. The van der Waals surface area contributed by atoms with Crippen LogP contribution in [-0.2, 0) is 9.53 Å². The van der Waals surface area contributed by atoms with Gasteiger partial charge in [-0.25, -0.2) is 4.79 Å². The Morgan fingerprint density at radius 1 is 1.15 bits per heavy atom. The van der Waals surface area contributed by atoms with Crippen molar-refractivity contribution in [1.82, 2.24) is 0 Å². The summed E-state index contributed by atoms with van der Waals surface area (Å²) in [7, 11) is 1.37. The summed E-state index contributed by atoms with van der Waals surface area (Å²) in [5, 5.41) is 3.54. The normalized spacial score (nSPS) is 18.8. The first-order valence-electron chi connectivity index (χ1n) is 8.91. The van der Waals surface area contributed by atoms with Crippen LogP contribution < -0.4 is 10.2 Å². The highest BCUT2D eigenvalue weighted by molar-refractivity contribution is 5.95. The predicted octanol–water partition coefficient (Wildman–Crippen LogP) is 4.16. The Labute approximate surface area is 154 Å². The molecular formula is C21H24N2O3. The van der Waals surface area contributed by atoms with E-state index in [2.05, 4.69) is 18.3 Å². The van der Waals surface area contributed by atoms with Crippen LogP contribution in [0.5, 0.6) is 0 Å². The molecule has 2 atom stereocenters. The van der Waals surface area contributed by atoms with Crippen LogP contribution in [0.25, 0.3) is 0 Å². The van der Waals surface area contributed by atoms with Crippen LogP contribution in [0.3, 0.4) is 0 Å². The van der Waals surface area contributed by atoms with Crippen molar-refractivity contribution < 1.29 is 14.3 Å². The second-order valence-electron chi connectivity index (χ2n) is 6.53. The molecule has 0 saturated heterocycles. The van der Waals surface area contributed by atoms with Crippen molar-refractivity contribution in [2.45, 2.75) is 38.8 Å². The van der Waals surface area contributed by atoms with Crippen LogP contribution in [-0.4, -0.2) is 25.0 Å². The molecule has 0 fully saturated rings. The smallest absolute Gasteiger partial charge is 0.337 e. The van der Waals surface area contributed by atoms with Crippen molar-refractivity contribution in [3.8, 4) is 0 Å². The van der Waals surface area contributed by atoms with E-state index in [-0.39, 0.29) is 24.0 Å². The number of fused-ring (bicyclic) bond motifs is 1. The number of rotatable bonds is 4. The van der Waals surface area contributed by atoms with Crippen molar-refractivity contribution in [3.63, 3.8) is 0 Å². The number of carbonyl (C=O) groups is 2. The number of benzene rings is 2. The van der Waals surface area contributed by atoms with Crippen molar-refractivity contribution in [2.75, 3.05) is 17.3 Å². The topological polar surface area (TPSA) is 58.6 Å². The molecule has 0 spiro atoms. The highest BCUT2D eigenvalue weighted by Crippen LogP contribution is 2.39. The molecule has 0 radical (unpaired) electrons. The zero-order valence-corrected chi connectivity index (χ0v) is 15.4. The lowest BCUT2D eigenvalue weighted by Crippen LogP contribution is -2.44. The van der Waals surface area contributed by atoms with E-state index in [1.165, 1.54) is 7.11 Å². The summed E-state index contributed by atoms with van der Waals surface area (Å²) in [6, 6.07) is 15.5. The summed E-state index contributed by atoms with van der Waals surface area (Å²) < 4.78 is 4.73. The number of methoxy groups -OCH3 is 1. The second-order valence-corrected chi connectivity index (χ2v) is 6.53. The number of hydrogen-bond acceptors (Lipinski definition) is 4. The number of nitrogens with zero attached hydrogens (tertiary/aromatic N) is 1. The van der Waals surface area contributed by atoms with E-state index >= 15 is 0 Å². The number of esters is 1. The van der Waals surface area contributed by atoms with Crippen molar-refractivity contribution in [3.05, 3.63) is 59.7 Å². The zero-order valence-electron chi connectivity index (χ0n) is 15.4. The molecule has 1 aliphatic heterocycles. The molecule has 26 heavy (non-hydrogen) atoms. The van der Waals surface area contributed by atoms with Gasteiger partial charge in [-0.05, 0) is 49.2 Å². The van der Waals surface area contributed by atoms with Gasteiger partial charge in [-0.2, -0.15) is 0 Å². The van der Waals surface area contributed by atoms with Crippen LogP contribution >= 0.6 is 0 Å². The van der Waals surface area contributed by atoms with E-state index in [9.17, 15) is 9.59 Å². The molecule has 0 aliphatic carbocycles. The average molecular weight is 352 g/mol. The Morgan fingerprint density at radius 2 is 1.85 bits per heavy atom. The quantitative estimate of drug-likeness (QED) is 0.840. The highest BCUT2D eigenvalue weighted by Gasteiger charge is 2.32. The third-order valence-corrected chi connectivity index (χ3v) is 4.81. The summed E-state index contributed by atoms with van der Waals surface area (Å²) in [6.45, 7) is 3.98. The molecule has 1 amide bonds. The van der Waals surface area contributed by atoms with Crippen LogP contribution in [0.15, 0.2) is 48.5 Å². The molecule has 5 heteroatoms. The molecule has 1 N–H and O–H groups in total. The van der Waals surface area contributed by atoms with Gasteiger partial charge < -0.3 is 15.0 Å². The first-order valence-corrected chi connectivity index (χ1v) is 8.91. The maximum Gasteiger partial charge on any atom is 0.337 e. The predicted molar refractivity (Wildman–Crippen MR) is 102 cm³/mol. The molecule has 2 aromatic rings. The molecular weight excluding hydrogens is 328 g/mol. The van der Waals surface area contributed by atoms with Gasteiger partial charge in [0.25, 0.3) is 0 Å². The standard InChI is InChI=1S/C21H24N2O3/c1-4-20(24)23-14(2)13-18(17-7-5-6-8-19(17)23)22-16-11-9-15(10-12-16)21(25)26-3/h5-12,14,18,22H,4,13H2,1-3H3/t14-,18+/m0/s1. The van der Waals surface area contributed by atoms with Crippen LogP contribution in [0, 0.1) is 0 Å². The maximum atomic E-state index is 12.4.